The molecule has 3 rings (SSSR count). The van der Waals surface area contributed by atoms with E-state index in [-0.39, 0.29) is 17.7 Å². The smallest absolute Gasteiger partial charge is 0.229 e. The number of carbonyl (C=O) groups excluding carboxylic acids is 2. The summed E-state index contributed by atoms with van der Waals surface area (Å²) in [4.78, 5) is 27.1. The van der Waals surface area contributed by atoms with Gasteiger partial charge in [-0.1, -0.05) is 43.4 Å². The average Bonchev–Trinajstić information content (AvgIpc) is 2.77. The van der Waals surface area contributed by atoms with Crippen molar-refractivity contribution >= 4 is 29.1 Å². The second-order valence-corrected chi connectivity index (χ2v) is 7.93. The van der Waals surface area contributed by atoms with Crippen molar-refractivity contribution in [2.75, 3.05) is 11.9 Å². The number of halogens is 1. The predicted octanol–water partition coefficient (Wildman–Crippen LogP) is 4.47. The van der Waals surface area contributed by atoms with E-state index >= 15 is 0 Å². The molecule has 2 amide bonds. The molecule has 25 heavy (non-hydrogen) atoms. The van der Waals surface area contributed by atoms with Crippen LogP contribution in [0.1, 0.15) is 56.1 Å². The maximum absolute atomic E-state index is 12.7. The summed E-state index contributed by atoms with van der Waals surface area (Å²) in [5.74, 6) is -0.260. The van der Waals surface area contributed by atoms with E-state index in [0.29, 0.717) is 29.7 Å². The molecule has 1 aromatic rings. The summed E-state index contributed by atoms with van der Waals surface area (Å²) in [7, 11) is 0. The summed E-state index contributed by atoms with van der Waals surface area (Å²) in [5, 5.41) is 3.51. The topological polar surface area (TPSA) is 49.4 Å². The normalized spacial score (nSPS) is 22.1. The van der Waals surface area contributed by atoms with Gasteiger partial charge in [0.2, 0.25) is 11.8 Å². The molecular formula is C20H27ClN2O2. The highest BCUT2D eigenvalue weighted by Crippen LogP contribution is 2.31. The first-order valence-electron chi connectivity index (χ1n) is 9.33. The van der Waals surface area contributed by atoms with Crippen LogP contribution in [-0.2, 0) is 9.59 Å². The largest absolute Gasteiger partial charge is 0.339 e. The van der Waals surface area contributed by atoms with Crippen molar-refractivity contribution in [1.29, 1.82) is 0 Å². The van der Waals surface area contributed by atoms with Crippen molar-refractivity contribution in [3.8, 4) is 0 Å². The van der Waals surface area contributed by atoms with Gasteiger partial charge in [-0.2, -0.15) is 0 Å². The van der Waals surface area contributed by atoms with Crippen molar-refractivity contribution in [3.63, 3.8) is 0 Å². The van der Waals surface area contributed by atoms with Gasteiger partial charge >= 0.3 is 0 Å². The number of hydrogen-bond acceptors (Lipinski definition) is 2. The second-order valence-electron chi connectivity index (χ2n) is 7.52. The van der Waals surface area contributed by atoms with Gasteiger partial charge in [0.15, 0.2) is 0 Å². The first kappa shape index (κ1) is 18.2. The average molecular weight is 363 g/mol. The summed E-state index contributed by atoms with van der Waals surface area (Å²) in [6, 6.07) is 4.17. The minimum absolute atomic E-state index is 0.0988. The maximum atomic E-state index is 12.7. The molecule has 0 radical (unpaired) electrons. The van der Waals surface area contributed by atoms with Gasteiger partial charge in [-0.15, -0.1) is 0 Å². The maximum Gasteiger partial charge on any atom is 0.229 e. The van der Waals surface area contributed by atoms with Crippen molar-refractivity contribution in [1.82, 2.24) is 4.90 Å². The second kappa shape index (κ2) is 7.77. The van der Waals surface area contributed by atoms with E-state index in [2.05, 4.69) is 5.32 Å². The van der Waals surface area contributed by atoms with Crippen LogP contribution in [0.25, 0.3) is 0 Å². The Kier molecular flexibility index (Phi) is 5.67. The van der Waals surface area contributed by atoms with E-state index in [9.17, 15) is 9.59 Å². The lowest BCUT2D eigenvalue weighted by atomic mass is 10.1. The molecule has 1 aliphatic heterocycles. The molecule has 136 valence electrons. The minimum Gasteiger partial charge on any atom is -0.339 e. The number of amides is 2. The molecule has 1 atom stereocenters. The third-order valence-electron chi connectivity index (χ3n) is 5.47. The molecule has 0 aromatic heterocycles. The molecule has 1 aliphatic carbocycles. The van der Waals surface area contributed by atoms with Gasteiger partial charge in [0, 0.05) is 19.0 Å². The molecule has 5 heteroatoms. The lowest BCUT2D eigenvalue weighted by Gasteiger charge is -2.27. The monoisotopic (exact) mass is 362 g/mol. The molecule has 1 saturated carbocycles. The molecule has 1 saturated heterocycles. The standard InChI is InChI=1S/C20H27ClN2O2/c1-13-9-14(2)19(17(21)10-13)22-20(25)15-11-18(24)23(12-15)16-7-5-3-4-6-8-16/h9-10,15-16H,3-8,11-12H2,1-2H3,(H,22,25). The Morgan fingerprint density at radius 2 is 1.84 bits per heavy atom. The zero-order chi connectivity index (χ0) is 18.0. The van der Waals surface area contributed by atoms with Crippen molar-refractivity contribution in [2.45, 2.75) is 64.8 Å². The van der Waals surface area contributed by atoms with Crippen LogP contribution in [0.2, 0.25) is 5.02 Å². The van der Waals surface area contributed by atoms with Crippen molar-refractivity contribution in [2.24, 2.45) is 5.92 Å². The fourth-order valence-electron chi connectivity index (χ4n) is 4.13. The van der Waals surface area contributed by atoms with Gasteiger partial charge < -0.3 is 10.2 Å². The Balaban J connectivity index is 1.67. The fourth-order valence-corrected chi connectivity index (χ4v) is 4.50. The van der Waals surface area contributed by atoms with Crippen LogP contribution in [0.4, 0.5) is 5.69 Å². The quantitative estimate of drug-likeness (QED) is 0.806. The van der Waals surface area contributed by atoms with Gasteiger partial charge in [0.25, 0.3) is 0 Å². The first-order chi connectivity index (χ1) is 12.0. The van der Waals surface area contributed by atoms with Crippen LogP contribution in [0.15, 0.2) is 12.1 Å². The fraction of sp³-hybridized carbons (Fsp3) is 0.600. The number of anilines is 1. The third kappa shape index (κ3) is 4.17. The Morgan fingerprint density at radius 3 is 2.48 bits per heavy atom. The van der Waals surface area contributed by atoms with E-state index in [1.165, 1.54) is 25.7 Å². The summed E-state index contributed by atoms with van der Waals surface area (Å²) in [5.41, 5.74) is 2.68. The number of benzene rings is 1. The molecular weight excluding hydrogens is 336 g/mol. The predicted molar refractivity (Wildman–Crippen MR) is 101 cm³/mol. The molecule has 0 spiro atoms. The molecule has 2 aliphatic rings. The van der Waals surface area contributed by atoms with E-state index in [0.717, 1.165) is 24.0 Å². The van der Waals surface area contributed by atoms with Gasteiger partial charge in [-0.05, 0) is 43.9 Å². The van der Waals surface area contributed by atoms with Gasteiger partial charge in [-0.3, -0.25) is 9.59 Å². The Bertz CT molecular complexity index is 643. The molecule has 1 unspecified atom stereocenters. The van der Waals surface area contributed by atoms with E-state index in [4.69, 9.17) is 11.6 Å². The molecule has 4 nitrogen and oxygen atoms in total. The summed E-state index contributed by atoms with van der Waals surface area (Å²) < 4.78 is 0. The van der Waals surface area contributed by atoms with Gasteiger partial charge in [0.05, 0.1) is 16.6 Å². The highest BCUT2D eigenvalue weighted by molar-refractivity contribution is 6.34. The zero-order valence-electron chi connectivity index (χ0n) is 15.1. The van der Waals surface area contributed by atoms with Crippen LogP contribution in [0.5, 0.6) is 0 Å². The van der Waals surface area contributed by atoms with E-state index in [1.54, 1.807) is 0 Å². The number of likely N-dealkylation sites (tertiary alicyclic amines) is 1. The minimum atomic E-state index is -0.285. The summed E-state index contributed by atoms with van der Waals surface area (Å²) in [6.07, 6.45) is 7.34. The van der Waals surface area contributed by atoms with Crippen LogP contribution in [-0.4, -0.2) is 29.3 Å². The van der Waals surface area contributed by atoms with Crippen molar-refractivity contribution in [3.05, 3.63) is 28.3 Å². The van der Waals surface area contributed by atoms with Crippen LogP contribution >= 0.6 is 11.6 Å². The molecule has 0 bridgehead atoms. The summed E-state index contributed by atoms with van der Waals surface area (Å²) >= 11 is 6.29. The third-order valence-corrected chi connectivity index (χ3v) is 5.77. The Morgan fingerprint density at radius 1 is 1.16 bits per heavy atom. The van der Waals surface area contributed by atoms with Crippen LogP contribution in [0, 0.1) is 19.8 Å². The van der Waals surface area contributed by atoms with E-state index < -0.39 is 0 Å². The molecule has 1 N–H and O–H groups in total. The Hall–Kier alpha value is -1.55. The SMILES string of the molecule is Cc1cc(C)c(NC(=O)C2CC(=O)N(C3CCCCCC3)C2)c(Cl)c1. The number of nitrogens with zero attached hydrogens (tertiary/aromatic N) is 1. The molecule has 1 aromatic carbocycles. The number of nitrogens with one attached hydrogen (secondary N) is 1. The Labute approximate surface area is 154 Å². The number of aryl methyl sites for hydroxylation is 2. The molecule has 1 heterocycles. The highest BCUT2D eigenvalue weighted by atomic mass is 35.5. The lowest BCUT2D eigenvalue weighted by Crippen LogP contribution is -2.37. The molecule has 2 fully saturated rings. The van der Waals surface area contributed by atoms with Gasteiger partial charge in [0.1, 0.15) is 0 Å². The highest BCUT2D eigenvalue weighted by Gasteiger charge is 2.38. The van der Waals surface area contributed by atoms with Gasteiger partial charge in [-0.25, -0.2) is 0 Å². The number of carbonyl (C=O) groups is 2. The zero-order valence-corrected chi connectivity index (χ0v) is 15.9. The first-order valence-corrected chi connectivity index (χ1v) is 9.70. The van der Waals surface area contributed by atoms with Crippen LogP contribution < -0.4 is 5.32 Å². The van der Waals surface area contributed by atoms with E-state index in [1.807, 2.05) is 30.9 Å². The number of rotatable bonds is 3. The number of hydrogen-bond donors (Lipinski definition) is 1. The summed E-state index contributed by atoms with van der Waals surface area (Å²) in [6.45, 7) is 4.45. The van der Waals surface area contributed by atoms with Crippen molar-refractivity contribution < 1.29 is 9.59 Å². The van der Waals surface area contributed by atoms with Crippen LogP contribution in [0.3, 0.4) is 0 Å². The lowest BCUT2D eigenvalue weighted by molar-refractivity contribution is -0.130.